The summed E-state index contributed by atoms with van der Waals surface area (Å²) >= 11 is 0. The molecule has 1 fully saturated rings. The normalized spacial score (nSPS) is 30.8. The number of nitrogens with zero attached hydrogens (tertiary/aromatic N) is 4. The Balaban J connectivity index is 1.82. The second-order valence-electron chi connectivity index (χ2n) is 6.28. The van der Waals surface area contributed by atoms with Crippen LogP contribution in [0.1, 0.15) is 6.42 Å². The van der Waals surface area contributed by atoms with Gasteiger partial charge in [-0.05, 0) is 24.1 Å². The van der Waals surface area contributed by atoms with E-state index >= 15 is 0 Å². The smallest absolute Gasteiger partial charge is 0.0914 e. The molecule has 0 aromatic rings. The number of allylic oxidation sites excluding steroid dienone is 5. The molecular weight excluding hydrogens is 286 g/mol. The molecule has 1 N–H and O–H groups in total. The molecule has 0 amide bonds. The molecule has 116 valence electrons. The molecule has 3 aliphatic heterocycles. The highest BCUT2D eigenvalue weighted by atomic mass is 15.2. The van der Waals surface area contributed by atoms with Gasteiger partial charge in [-0.3, -0.25) is 9.98 Å². The van der Waals surface area contributed by atoms with Crippen LogP contribution in [0.2, 0.25) is 0 Å². The second kappa shape index (κ2) is 5.64. The summed E-state index contributed by atoms with van der Waals surface area (Å²) in [7, 11) is 0. The first-order valence-corrected chi connectivity index (χ1v) is 8.05. The van der Waals surface area contributed by atoms with Crippen molar-refractivity contribution >= 4 is 11.9 Å². The van der Waals surface area contributed by atoms with Gasteiger partial charge in [-0.15, -0.1) is 0 Å². The Hall–Kier alpha value is -2.45. The number of nitrogens with one attached hydrogen (secondary N) is 1. The lowest BCUT2D eigenvalue weighted by molar-refractivity contribution is 0.302. The van der Waals surface area contributed by atoms with E-state index in [1.54, 1.807) is 6.08 Å². The molecule has 4 aliphatic rings. The number of nitriles is 1. The Morgan fingerprint density at radius 2 is 2.13 bits per heavy atom. The standard InChI is InChI=1S/C18H19N5/c19-5-3-14-1-2-17-18(11-14)13-21-12-15(18)16(4-6-22-17)23-9-7-20-8-10-23/h1-4,6,12,20H,7-11,13H2/b14-3-. The van der Waals surface area contributed by atoms with E-state index in [1.807, 2.05) is 24.6 Å². The van der Waals surface area contributed by atoms with E-state index in [0.29, 0.717) is 6.54 Å². The van der Waals surface area contributed by atoms with E-state index in [4.69, 9.17) is 10.3 Å². The fraction of sp³-hybridized carbons (Fsp3) is 0.389. The SMILES string of the molecule is N#C/C=C1/C=CC2=NC=CC(N3CCNCC3)=C3C=NCC23C1. The molecule has 23 heavy (non-hydrogen) atoms. The van der Waals surface area contributed by atoms with Crippen molar-refractivity contribution in [3.05, 3.63) is 47.3 Å². The van der Waals surface area contributed by atoms with Gasteiger partial charge in [0.1, 0.15) is 0 Å². The van der Waals surface area contributed by atoms with E-state index < -0.39 is 0 Å². The van der Waals surface area contributed by atoms with Crippen molar-refractivity contribution in [3.63, 3.8) is 0 Å². The van der Waals surface area contributed by atoms with E-state index in [0.717, 1.165) is 43.9 Å². The maximum absolute atomic E-state index is 9.00. The summed E-state index contributed by atoms with van der Waals surface area (Å²) in [5.41, 5.74) is 4.39. The first-order valence-electron chi connectivity index (χ1n) is 8.05. The van der Waals surface area contributed by atoms with Crippen molar-refractivity contribution in [3.8, 4) is 6.07 Å². The van der Waals surface area contributed by atoms with Gasteiger partial charge in [0.2, 0.25) is 0 Å². The minimum atomic E-state index is -0.207. The van der Waals surface area contributed by atoms with Gasteiger partial charge in [0.15, 0.2) is 0 Å². The third kappa shape index (κ3) is 2.27. The average Bonchev–Trinajstić information content (AvgIpc) is 2.91. The van der Waals surface area contributed by atoms with Gasteiger partial charge >= 0.3 is 0 Å². The molecule has 1 aliphatic carbocycles. The van der Waals surface area contributed by atoms with Crippen molar-refractivity contribution in [2.45, 2.75) is 6.42 Å². The zero-order valence-electron chi connectivity index (χ0n) is 13.0. The van der Waals surface area contributed by atoms with Crippen molar-refractivity contribution in [1.82, 2.24) is 10.2 Å². The van der Waals surface area contributed by atoms with Gasteiger partial charge in [-0.2, -0.15) is 5.26 Å². The molecule has 1 unspecified atom stereocenters. The van der Waals surface area contributed by atoms with Gasteiger partial charge in [0, 0.05) is 55.9 Å². The van der Waals surface area contributed by atoms with Crippen LogP contribution >= 0.6 is 0 Å². The molecule has 0 saturated carbocycles. The number of hydrogen-bond donors (Lipinski definition) is 1. The largest absolute Gasteiger partial charge is 0.369 e. The molecule has 1 atom stereocenters. The van der Waals surface area contributed by atoms with Crippen LogP contribution in [0.25, 0.3) is 0 Å². The quantitative estimate of drug-likeness (QED) is 0.748. The van der Waals surface area contributed by atoms with E-state index in [2.05, 4.69) is 27.4 Å². The van der Waals surface area contributed by atoms with Crippen LogP contribution < -0.4 is 5.32 Å². The molecule has 1 spiro atoms. The van der Waals surface area contributed by atoms with Crippen molar-refractivity contribution in [2.75, 3.05) is 32.7 Å². The summed E-state index contributed by atoms with van der Waals surface area (Å²) < 4.78 is 0. The van der Waals surface area contributed by atoms with Crippen molar-refractivity contribution in [2.24, 2.45) is 15.4 Å². The van der Waals surface area contributed by atoms with Crippen LogP contribution in [0.15, 0.2) is 57.3 Å². The first-order chi connectivity index (χ1) is 11.3. The maximum atomic E-state index is 9.00. The fourth-order valence-corrected chi connectivity index (χ4v) is 3.83. The summed E-state index contributed by atoms with van der Waals surface area (Å²) in [6.07, 6.45) is 12.5. The van der Waals surface area contributed by atoms with Crippen LogP contribution in [-0.2, 0) is 0 Å². The first kappa shape index (κ1) is 14.2. The molecule has 5 heteroatoms. The van der Waals surface area contributed by atoms with Gasteiger partial charge in [-0.1, -0.05) is 6.08 Å². The van der Waals surface area contributed by atoms with Crippen LogP contribution in [0.3, 0.4) is 0 Å². The Morgan fingerprint density at radius 1 is 1.26 bits per heavy atom. The highest BCUT2D eigenvalue weighted by Gasteiger charge is 2.45. The molecule has 0 bridgehead atoms. The third-order valence-corrected chi connectivity index (χ3v) is 4.98. The highest BCUT2D eigenvalue weighted by Crippen LogP contribution is 2.45. The van der Waals surface area contributed by atoms with Gasteiger partial charge < -0.3 is 10.2 Å². The number of hydrogen-bond acceptors (Lipinski definition) is 5. The van der Waals surface area contributed by atoms with Crippen LogP contribution in [0, 0.1) is 16.7 Å². The Bertz CT molecular complexity index is 738. The predicted molar refractivity (Wildman–Crippen MR) is 91.3 cm³/mol. The summed E-state index contributed by atoms with van der Waals surface area (Å²) in [6, 6.07) is 2.16. The second-order valence-corrected chi connectivity index (χ2v) is 6.28. The zero-order valence-corrected chi connectivity index (χ0v) is 13.0. The Morgan fingerprint density at radius 3 is 2.96 bits per heavy atom. The van der Waals surface area contributed by atoms with E-state index in [9.17, 15) is 0 Å². The van der Waals surface area contributed by atoms with Gasteiger partial charge in [0.25, 0.3) is 0 Å². The Kier molecular flexibility index (Phi) is 3.47. The Labute approximate surface area is 136 Å². The van der Waals surface area contributed by atoms with Gasteiger partial charge in [0.05, 0.1) is 23.7 Å². The van der Waals surface area contributed by atoms with Crippen molar-refractivity contribution < 1.29 is 0 Å². The average molecular weight is 305 g/mol. The molecule has 3 heterocycles. The third-order valence-electron chi connectivity index (χ3n) is 4.98. The minimum Gasteiger partial charge on any atom is -0.369 e. The topological polar surface area (TPSA) is 63.8 Å². The number of piperazine rings is 1. The summed E-state index contributed by atoms with van der Waals surface area (Å²) in [4.78, 5) is 11.7. The molecular formula is C18H19N5. The molecule has 0 radical (unpaired) electrons. The molecule has 0 aromatic carbocycles. The lowest BCUT2D eigenvalue weighted by atomic mass is 9.69. The molecule has 4 rings (SSSR count). The fourth-order valence-electron chi connectivity index (χ4n) is 3.83. The molecule has 5 nitrogen and oxygen atoms in total. The summed E-state index contributed by atoms with van der Waals surface area (Å²) in [6.45, 7) is 4.72. The van der Waals surface area contributed by atoms with E-state index in [1.165, 1.54) is 11.3 Å². The monoisotopic (exact) mass is 305 g/mol. The highest BCUT2D eigenvalue weighted by molar-refractivity contribution is 6.10. The lowest BCUT2D eigenvalue weighted by Gasteiger charge is -2.37. The number of aliphatic imine (C=N–C) groups is 2. The van der Waals surface area contributed by atoms with E-state index in [-0.39, 0.29) is 5.41 Å². The van der Waals surface area contributed by atoms with Crippen molar-refractivity contribution in [1.29, 1.82) is 5.26 Å². The lowest BCUT2D eigenvalue weighted by Crippen LogP contribution is -2.44. The number of rotatable bonds is 1. The zero-order chi connectivity index (χ0) is 15.7. The van der Waals surface area contributed by atoms with Crippen LogP contribution in [0.4, 0.5) is 0 Å². The molecule has 1 saturated heterocycles. The summed E-state index contributed by atoms with van der Waals surface area (Å²) in [5, 5.41) is 12.4. The minimum absolute atomic E-state index is 0.207. The summed E-state index contributed by atoms with van der Waals surface area (Å²) in [5.74, 6) is 0. The van der Waals surface area contributed by atoms with Crippen LogP contribution in [-0.4, -0.2) is 49.5 Å². The predicted octanol–water partition coefficient (Wildman–Crippen LogP) is 1.59. The molecule has 0 aromatic heterocycles. The maximum Gasteiger partial charge on any atom is 0.0914 e. The van der Waals surface area contributed by atoms with Crippen LogP contribution in [0.5, 0.6) is 0 Å². The van der Waals surface area contributed by atoms with Gasteiger partial charge in [-0.25, -0.2) is 0 Å².